The zero-order valence-electron chi connectivity index (χ0n) is 11.3. The van der Waals surface area contributed by atoms with E-state index in [4.69, 9.17) is 11.6 Å². The van der Waals surface area contributed by atoms with Crippen LogP contribution >= 0.6 is 11.6 Å². The highest BCUT2D eigenvalue weighted by molar-refractivity contribution is 6.31. The van der Waals surface area contributed by atoms with Crippen molar-refractivity contribution < 1.29 is 0 Å². The number of hydrogen-bond acceptors (Lipinski definition) is 2. The van der Waals surface area contributed by atoms with Gasteiger partial charge in [0, 0.05) is 35.4 Å². The second-order valence-corrected chi connectivity index (χ2v) is 4.80. The van der Waals surface area contributed by atoms with Gasteiger partial charge in [0.15, 0.2) is 0 Å². The van der Waals surface area contributed by atoms with Gasteiger partial charge >= 0.3 is 0 Å². The summed E-state index contributed by atoms with van der Waals surface area (Å²) in [4.78, 5) is 2.37. The number of anilines is 1. The van der Waals surface area contributed by atoms with E-state index < -0.39 is 0 Å². The summed E-state index contributed by atoms with van der Waals surface area (Å²) >= 11 is 6.30. The van der Waals surface area contributed by atoms with Crippen molar-refractivity contribution >= 4 is 17.3 Å². The summed E-state index contributed by atoms with van der Waals surface area (Å²) in [6, 6.07) is 6.63. The van der Waals surface area contributed by atoms with Crippen molar-refractivity contribution in [2.75, 3.05) is 18.0 Å². The molecule has 2 nitrogen and oxygen atoms in total. The van der Waals surface area contributed by atoms with Gasteiger partial charge in [-0.15, -0.1) is 0 Å². The van der Waals surface area contributed by atoms with Crippen LogP contribution in [-0.4, -0.2) is 19.1 Å². The number of benzene rings is 1. The highest BCUT2D eigenvalue weighted by Crippen LogP contribution is 2.28. The van der Waals surface area contributed by atoms with E-state index >= 15 is 0 Å². The molecule has 0 aliphatic rings. The summed E-state index contributed by atoms with van der Waals surface area (Å²) < 4.78 is 0. The van der Waals surface area contributed by atoms with Crippen LogP contribution in [0.2, 0.25) is 5.02 Å². The van der Waals surface area contributed by atoms with Crippen LogP contribution in [0.25, 0.3) is 0 Å². The number of halogens is 1. The van der Waals surface area contributed by atoms with Gasteiger partial charge in [-0.3, -0.25) is 0 Å². The van der Waals surface area contributed by atoms with Crippen LogP contribution in [0, 0.1) is 0 Å². The maximum atomic E-state index is 6.30. The predicted molar refractivity (Wildman–Crippen MR) is 77.0 cm³/mol. The van der Waals surface area contributed by atoms with Gasteiger partial charge in [-0.25, -0.2) is 0 Å². The van der Waals surface area contributed by atoms with E-state index in [1.54, 1.807) is 0 Å². The van der Waals surface area contributed by atoms with Gasteiger partial charge in [0.2, 0.25) is 0 Å². The lowest BCUT2D eigenvalue weighted by Gasteiger charge is -2.30. The Hall–Kier alpha value is -0.730. The number of rotatable bonds is 6. The van der Waals surface area contributed by atoms with Gasteiger partial charge < -0.3 is 10.2 Å². The van der Waals surface area contributed by atoms with Crippen molar-refractivity contribution in [2.45, 2.75) is 40.3 Å². The van der Waals surface area contributed by atoms with Crippen LogP contribution in [0.5, 0.6) is 0 Å². The number of nitrogens with one attached hydrogen (secondary N) is 1. The zero-order valence-corrected chi connectivity index (χ0v) is 12.0. The Labute approximate surface area is 110 Å². The Morgan fingerprint density at radius 2 is 2.00 bits per heavy atom. The monoisotopic (exact) mass is 254 g/mol. The molecule has 0 aliphatic carbocycles. The Bertz CT molecular complexity index is 350. The highest BCUT2D eigenvalue weighted by atomic mass is 35.5. The van der Waals surface area contributed by atoms with E-state index in [-0.39, 0.29) is 0 Å². The molecule has 0 bridgehead atoms. The molecule has 96 valence electrons. The summed E-state index contributed by atoms with van der Waals surface area (Å²) in [5, 5.41) is 4.20. The molecule has 1 rings (SSSR count). The summed E-state index contributed by atoms with van der Waals surface area (Å²) in [6.45, 7) is 11.5. The molecule has 0 saturated heterocycles. The maximum Gasteiger partial charge on any atom is 0.0471 e. The van der Waals surface area contributed by atoms with Gasteiger partial charge in [-0.1, -0.05) is 24.6 Å². The molecular formula is C14H23ClN2. The van der Waals surface area contributed by atoms with Crippen LogP contribution in [0.1, 0.15) is 33.3 Å². The molecular weight excluding hydrogens is 232 g/mol. The lowest BCUT2D eigenvalue weighted by Crippen LogP contribution is -2.31. The third-order valence-electron chi connectivity index (χ3n) is 2.92. The smallest absolute Gasteiger partial charge is 0.0471 e. The van der Waals surface area contributed by atoms with Crippen LogP contribution in [0.3, 0.4) is 0 Å². The molecule has 17 heavy (non-hydrogen) atoms. The van der Waals surface area contributed by atoms with E-state index in [0.29, 0.717) is 6.04 Å². The van der Waals surface area contributed by atoms with Gasteiger partial charge in [0.05, 0.1) is 0 Å². The Balaban J connectivity index is 3.08. The summed E-state index contributed by atoms with van der Waals surface area (Å²) in [5.74, 6) is 0. The molecule has 0 atom stereocenters. The lowest BCUT2D eigenvalue weighted by atomic mass is 10.1. The van der Waals surface area contributed by atoms with Crippen LogP contribution in [-0.2, 0) is 6.54 Å². The summed E-state index contributed by atoms with van der Waals surface area (Å²) in [5.41, 5.74) is 2.45. The number of hydrogen-bond donors (Lipinski definition) is 1. The van der Waals surface area contributed by atoms with Crippen molar-refractivity contribution in [1.82, 2.24) is 5.32 Å². The predicted octanol–water partition coefficient (Wildman–Crippen LogP) is 3.68. The molecule has 0 aliphatic heterocycles. The van der Waals surface area contributed by atoms with Crippen molar-refractivity contribution in [3.8, 4) is 0 Å². The van der Waals surface area contributed by atoms with E-state index in [1.807, 2.05) is 12.1 Å². The fraction of sp³-hybridized carbons (Fsp3) is 0.571. The molecule has 0 radical (unpaired) electrons. The molecule has 0 unspecified atom stereocenters. The maximum absolute atomic E-state index is 6.30. The average molecular weight is 255 g/mol. The topological polar surface area (TPSA) is 15.3 Å². The SMILES string of the molecule is CCNCc1c(Cl)cccc1N(CC)C(C)C. The largest absolute Gasteiger partial charge is 0.369 e. The normalized spacial score (nSPS) is 10.9. The molecule has 1 aromatic rings. The fourth-order valence-electron chi connectivity index (χ4n) is 2.06. The minimum Gasteiger partial charge on any atom is -0.369 e. The van der Waals surface area contributed by atoms with Crippen LogP contribution in [0.4, 0.5) is 5.69 Å². The molecule has 0 heterocycles. The van der Waals surface area contributed by atoms with Crippen molar-refractivity contribution in [2.24, 2.45) is 0 Å². The van der Waals surface area contributed by atoms with Gasteiger partial charge in [-0.05, 0) is 39.4 Å². The Morgan fingerprint density at radius 1 is 1.29 bits per heavy atom. The van der Waals surface area contributed by atoms with Crippen molar-refractivity contribution in [1.29, 1.82) is 0 Å². The highest BCUT2D eigenvalue weighted by Gasteiger charge is 2.14. The molecule has 3 heteroatoms. The lowest BCUT2D eigenvalue weighted by molar-refractivity contribution is 0.684. The fourth-order valence-corrected chi connectivity index (χ4v) is 2.29. The summed E-state index contributed by atoms with van der Waals surface area (Å²) in [7, 11) is 0. The second kappa shape index (κ2) is 6.87. The first-order valence-corrected chi connectivity index (χ1v) is 6.74. The third kappa shape index (κ3) is 3.62. The van der Waals surface area contributed by atoms with E-state index in [0.717, 1.165) is 24.7 Å². The first-order chi connectivity index (χ1) is 8.11. The van der Waals surface area contributed by atoms with Crippen molar-refractivity contribution in [3.63, 3.8) is 0 Å². The zero-order chi connectivity index (χ0) is 12.8. The Kier molecular flexibility index (Phi) is 5.79. The molecule has 1 aromatic carbocycles. The minimum absolute atomic E-state index is 0.485. The van der Waals surface area contributed by atoms with Gasteiger partial charge in [0.25, 0.3) is 0 Å². The molecule has 1 N–H and O–H groups in total. The van der Waals surface area contributed by atoms with E-state index in [2.05, 4.69) is 44.0 Å². The van der Waals surface area contributed by atoms with Crippen LogP contribution in [0.15, 0.2) is 18.2 Å². The molecule has 0 saturated carbocycles. The second-order valence-electron chi connectivity index (χ2n) is 4.40. The van der Waals surface area contributed by atoms with E-state index in [9.17, 15) is 0 Å². The average Bonchev–Trinajstić information content (AvgIpc) is 2.28. The van der Waals surface area contributed by atoms with E-state index in [1.165, 1.54) is 11.3 Å². The van der Waals surface area contributed by atoms with Gasteiger partial charge in [0.1, 0.15) is 0 Å². The number of nitrogens with zero attached hydrogens (tertiary/aromatic N) is 1. The standard InChI is InChI=1S/C14H23ClN2/c1-5-16-10-12-13(15)8-7-9-14(12)17(6-2)11(3)4/h7-9,11,16H,5-6,10H2,1-4H3. The molecule has 0 spiro atoms. The first kappa shape index (κ1) is 14.3. The van der Waals surface area contributed by atoms with Crippen molar-refractivity contribution in [3.05, 3.63) is 28.8 Å². The Morgan fingerprint density at radius 3 is 2.53 bits per heavy atom. The molecule has 0 fully saturated rings. The third-order valence-corrected chi connectivity index (χ3v) is 3.27. The van der Waals surface area contributed by atoms with Gasteiger partial charge in [-0.2, -0.15) is 0 Å². The van der Waals surface area contributed by atoms with Crippen LogP contribution < -0.4 is 10.2 Å². The first-order valence-electron chi connectivity index (χ1n) is 6.36. The quantitative estimate of drug-likeness (QED) is 0.833. The molecule has 0 amide bonds. The molecule has 0 aromatic heterocycles. The summed E-state index contributed by atoms with van der Waals surface area (Å²) in [6.07, 6.45) is 0. The minimum atomic E-state index is 0.485.